The maximum Gasteiger partial charge on any atom is 0.107 e. The topological polar surface area (TPSA) is 28.2 Å². The molecule has 20 heavy (non-hydrogen) atoms. The molecule has 0 unspecified atom stereocenters. The molecule has 3 nitrogen and oxygen atoms in total. The summed E-state index contributed by atoms with van der Waals surface area (Å²) in [6, 6.07) is 2.68. The number of thiophene rings is 1. The summed E-state index contributed by atoms with van der Waals surface area (Å²) < 4.78 is 1.17. The fourth-order valence-electron chi connectivity index (χ4n) is 1.83. The van der Waals surface area contributed by atoms with E-state index in [2.05, 4.69) is 68.9 Å². The lowest BCUT2D eigenvalue weighted by molar-refractivity contribution is 0.318. The molecule has 2 heterocycles. The first-order chi connectivity index (χ1) is 9.52. The highest BCUT2D eigenvalue weighted by molar-refractivity contribution is 9.10. The smallest absolute Gasteiger partial charge is 0.107 e. The van der Waals surface area contributed by atoms with Crippen LogP contribution in [0.25, 0.3) is 0 Å². The molecule has 0 radical (unpaired) electrons. The number of hydrogen-bond acceptors (Lipinski definition) is 5. The third kappa shape index (κ3) is 5.26. The van der Waals surface area contributed by atoms with Gasteiger partial charge in [0.25, 0.3) is 0 Å². The van der Waals surface area contributed by atoms with Crippen molar-refractivity contribution >= 4 is 38.6 Å². The number of aromatic nitrogens is 1. The van der Waals surface area contributed by atoms with Gasteiger partial charge < -0.3 is 5.32 Å². The molecule has 2 aromatic heterocycles. The van der Waals surface area contributed by atoms with E-state index >= 15 is 0 Å². The normalized spacial score (nSPS) is 11.7. The molecule has 0 amide bonds. The molecule has 110 valence electrons. The molecule has 0 aromatic carbocycles. The van der Waals surface area contributed by atoms with Crippen LogP contribution in [0.5, 0.6) is 0 Å². The van der Waals surface area contributed by atoms with Crippen molar-refractivity contribution in [1.82, 2.24) is 15.2 Å². The predicted octanol–water partition coefficient (Wildman–Crippen LogP) is 4.10. The second-order valence-electron chi connectivity index (χ2n) is 5.17. The Hall–Kier alpha value is -0.270. The molecule has 0 fully saturated rings. The molecule has 0 saturated heterocycles. The predicted molar refractivity (Wildman–Crippen MR) is 91.3 cm³/mol. The molecule has 0 atom stereocenters. The van der Waals surface area contributed by atoms with Gasteiger partial charge >= 0.3 is 0 Å². The Morgan fingerprint density at radius 1 is 1.30 bits per heavy atom. The maximum absolute atomic E-state index is 4.68. The fraction of sp³-hybridized carbons (Fsp3) is 0.500. The summed E-state index contributed by atoms with van der Waals surface area (Å²) in [6.07, 6.45) is 0. The SMILES string of the molecule is CC(C)NCc1nc(CN(C)Cc2cc(Br)cs2)cs1. The monoisotopic (exact) mass is 373 g/mol. The van der Waals surface area contributed by atoms with Gasteiger partial charge in [0.2, 0.25) is 0 Å². The van der Waals surface area contributed by atoms with E-state index in [1.54, 1.807) is 22.7 Å². The summed E-state index contributed by atoms with van der Waals surface area (Å²) in [5.41, 5.74) is 1.16. The summed E-state index contributed by atoms with van der Waals surface area (Å²) in [4.78, 5) is 8.35. The van der Waals surface area contributed by atoms with Crippen LogP contribution in [0.4, 0.5) is 0 Å². The molecule has 0 spiro atoms. The standard InChI is InChI=1S/C14H20BrN3S2/c1-10(2)16-5-14-17-12(9-20-14)6-18(3)7-13-4-11(15)8-19-13/h4,8-10,16H,5-7H2,1-3H3. The zero-order valence-electron chi connectivity index (χ0n) is 12.0. The highest BCUT2D eigenvalue weighted by Gasteiger charge is 2.07. The molecule has 0 aliphatic rings. The molecule has 0 saturated carbocycles. The van der Waals surface area contributed by atoms with Gasteiger partial charge in [0.05, 0.1) is 5.69 Å². The van der Waals surface area contributed by atoms with Crippen LogP contribution in [0.2, 0.25) is 0 Å². The average molecular weight is 374 g/mol. The van der Waals surface area contributed by atoms with Gasteiger partial charge in [-0.25, -0.2) is 4.98 Å². The van der Waals surface area contributed by atoms with Crippen LogP contribution in [0, 0.1) is 0 Å². The Balaban J connectivity index is 1.83. The van der Waals surface area contributed by atoms with Gasteiger partial charge in [-0.1, -0.05) is 13.8 Å². The first kappa shape index (κ1) is 16.1. The highest BCUT2D eigenvalue weighted by Crippen LogP contribution is 2.21. The Labute approximate surface area is 137 Å². The summed E-state index contributed by atoms with van der Waals surface area (Å²) in [5.74, 6) is 0. The zero-order chi connectivity index (χ0) is 14.5. The van der Waals surface area contributed by atoms with Gasteiger partial charge in [0.15, 0.2) is 0 Å². The van der Waals surface area contributed by atoms with E-state index in [0.29, 0.717) is 6.04 Å². The van der Waals surface area contributed by atoms with Crippen molar-refractivity contribution in [2.24, 2.45) is 0 Å². The van der Waals surface area contributed by atoms with Crippen molar-refractivity contribution in [2.75, 3.05) is 7.05 Å². The van der Waals surface area contributed by atoms with Gasteiger partial charge in [0, 0.05) is 45.8 Å². The van der Waals surface area contributed by atoms with Crippen LogP contribution in [-0.4, -0.2) is 23.0 Å². The van der Waals surface area contributed by atoms with E-state index in [9.17, 15) is 0 Å². The average Bonchev–Trinajstić information content (AvgIpc) is 2.96. The Bertz CT molecular complexity index is 536. The van der Waals surface area contributed by atoms with E-state index in [1.165, 1.54) is 14.4 Å². The number of halogens is 1. The number of thiazole rings is 1. The molecule has 2 aromatic rings. The molecule has 6 heteroatoms. The van der Waals surface area contributed by atoms with Crippen LogP contribution in [0.3, 0.4) is 0 Å². The Morgan fingerprint density at radius 3 is 2.75 bits per heavy atom. The molecule has 0 aliphatic carbocycles. The maximum atomic E-state index is 4.68. The van der Waals surface area contributed by atoms with Crippen LogP contribution in [0.1, 0.15) is 29.4 Å². The lowest BCUT2D eigenvalue weighted by Gasteiger charge is -2.13. The van der Waals surface area contributed by atoms with Gasteiger partial charge in [-0.05, 0) is 29.0 Å². The van der Waals surface area contributed by atoms with Crippen molar-refractivity contribution < 1.29 is 0 Å². The van der Waals surface area contributed by atoms with Crippen LogP contribution >= 0.6 is 38.6 Å². The highest BCUT2D eigenvalue weighted by atomic mass is 79.9. The number of rotatable bonds is 7. The molecule has 0 aliphatic heterocycles. The summed E-state index contributed by atoms with van der Waals surface area (Å²) in [7, 11) is 2.14. The van der Waals surface area contributed by atoms with Crippen LogP contribution < -0.4 is 5.32 Å². The van der Waals surface area contributed by atoms with E-state index in [1.807, 2.05) is 0 Å². The second kappa shape index (κ2) is 7.66. The Morgan fingerprint density at radius 2 is 2.10 bits per heavy atom. The van der Waals surface area contributed by atoms with E-state index in [4.69, 9.17) is 0 Å². The van der Waals surface area contributed by atoms with Crippen molar-refractivity contribution in [3.05, 3.63) is 36.9 Å². The van der Waals surface area contributed by atoms with Gasteiger partial charge in [-0.2, -0.15) is 0 Å². The third-order valence-corrected chi connectivity index (χ3v) is 5.32. The third-order valence-electron chi connectivity index (χ3n) is 2.74. The van der Waals surface area contributed by atoms with Crippen LogP contribution in [0.15, 0.2) is 21.3 Å². The van der Waals surface area contributed by atoms with Gasteiger partial charge in [0.1, 0.15) is 5.01 Å². The first-order valence-electron chi connectivity index (χ1n) is 6.61. The van der Waals surface area contributed by atoms with Gasteiger partial charge in [-0.15, -0.1) is 22.7 Å². The van der Waals surface area contributed by atoms with E-state index in [-0.39, 0.29) is 0 Å². The largest absolute Gasteiger partial charge is 0.308 e. The molecule has 1 N–H and O–H groups in total. The van der Waals surface area contributed by atoms with Crippen molar-refractivity contribution in [2.45, 2.75) is 39.5 Å². The summed E-state index contributed by atoms with van der Waals surface area (Å²) >= 11 is 7.02. The second-order valence-corrected chi connectivity index (χ2v) is 8.03. The quantitative estimate of drug-likeness (QED) is 0.791. The summed E-state index contributed by atoms with van der Waals surface area (Å²) in [5, 5.41) is 8.86. The van der Waals surface area contributed by atoms with Crippen molar-refractivity contribution in [1.29, 1.82) is 0 Å². The fourth-order valence-corrected chi connectivity index (χ4v) is 4.10. The van der Waals surface area contributed by atoms with Crippen LogP contribution in [-0.2, 0) is 19.6 Å². The molecular weight excluding hydrogens is 354 g/mol. The van der Waals surface area contributed by atoms with E-state index in [0.717, 1.165) is 25.3 Å². The molecular formula is C14H20BrN3S2. The number of nitrogens with one attached hydrogen (secondary N) is 1. The van der Waals surface area contributed by atoms with Gasteiger partial charge in [-0.3, -0.25) is 4.90 Å². The molecule has 0 bridgehead atoms. The van der Waals surface area contributed by atoms with Crippen molar-refractivity contribution in [3.8, 4) is 0 Å². The van der Waals surface area contributed by atoms with Crippen molar-refractivity contribution in [3.63, 3.8) is 0 Å². The lowest BCUT2D eigenvalue weighted by atomic mass is 10.4. The minimum Gasteiger partial charge on any atom is -0.308 e. The number of nitrogens with zero attached hydrogens (tertiary/aromatic N) is 2. The Kier molecular flexibility index (Phi) is 6.17. The number of hydrogen-bond donors (Lipinski definition) is 1. The lowest BCUT2D eigenvalue weighted by Crippen LogP contribution is -2.22. The van der Waals surface area contributed by atoms with E-state index < -0.39 is 0 Å². The first-order valence-corrected chi connectivity index (χ1v) is 9.16. The molecule has 2 rings (SSSR count). The summed E-state index contributed by atoms with van der Waals surface area (Å²) in [6.45, 7) is 7.04. The minimum atomic E-state index is 0.502. The zero-order valence-corrected chi connectivity index (χ0v) is 15.2. The minimum absolute atomic E-state index is 0.502.